The van der Waals surface area contributed by atoms with Crippen LogP contribution in [0.2, 0.25) is 0 Å². The molecule has 104 valence electrons. The maximum atomic E-state index is 12.4. The normalized spacial score (nSPS) is 11.7. The maximum Gasteiger partial charge on any atom is 0.347 e. The smallest absolute Gasteiger partial charge is 0.347 e. The fourth-order valence-electron chi connectivity index (χ4n) is 1.60. The number of nitrogens with zero attached hydrogens (tertiary/aromatic N) is 2. The second-order valence-electron chi connectivity index (χ2n) is 4.04. The van der Waals surface area contributed by atoms with Crippen molar-refractivity contribution in [2.75, 3.05) is 6.54 Å². The molecule has 6 nitrogen and oxygen atoms in total. The Hall–Kier alpha value is -1.43. The van der Waals surface area contributed by atoms with Crippen LogP contribution in [0.1, 0.15) is 29.9 Å². The summed E-state index contributed by atoms with van der Waals surface area (Å²) in [5.74, 6) is -1.27. The lowest BCUT2D eigenvalue weighted by atomic mass is 10.3. The Bertz CT molecular complexity index is 598. The highest BCUT2D eigenvalue weighted by molar-refractivity contribution is 7.89. The molecule has 0 saturated heterocycles. The van der Waals surface area contributed by atoms with Crippen LogP contribution in [-0.4, -0.2) is 36.4 Å². The van der Waals surface area contributed by atoms with E-state index in [2.05, 4.69) is 0 Å². The van der Waals surface area contributed by atoms with Crippen molar-refractivity contribution in [3.05, 3.63) is 16.3 Å². The first-order valence-electron chi connectivity index (χ1n) is 5.52. The van der Waals surface area contributed by atoms with Gasteiger partial charge in [0.25, 0.3) is 0 Å². The van der Waals surface area contributed by atoms with E-state index in [0.717, 1.165) is 15.6 Å². The van der Waals surface area contributed by atoms with Gasteiger partial charge in [0, 0.05) is 19.0 Å². The zero-order valence-corrected chi connectivity index (χ0v) is 12.2. The first kappa shape index (κ1) is 15.6. The van der Waals surface area contributed by atoms with Gasteiger partial charge in [-0.25, -0.2) is 13.2 Å². The number of thiophene rings is 1. The van der Waals surface area contributed by atoms with E-state index in [1.807, 2.05) is 6.07 Å². The van der Waals surface area contributed by atoms with Crippen LogP contribution in [0.3, 0.4) is 0 Å². The molecular formula is C11H14N2O4S2. The summed E-state index contributed by atoms with van der Waals surface area (Å²) >= 11 is 0.867. The number of carboxylic acid groups (broad SMARTS) is 1. The van der Waals surface area contributed by atoms with Crippen molar-refractivity contribution in [2.24, 2.45) is 0 Å². The molecule has 0 fully saturated rings. The van der Waals surface area contributed by atoms with Gasteiger partial charge in [0.15, 0.2) is 0 Å². The Morgan fingerprint density at radius 2 is 2.21 bits per heavy atom. The van der Waals surface area contributed by atoms with Crippen LogP contribution in [0.25, 0.3) is 0 Å². The van der Waals surface area contributed by atoms with Crippen LogP contribution in [0.4, 0.5) is 0 Å². The number of hydrogen-bond acceptors (Lipinski definition) is 5. The number of rotatable bonds is 6. The van der Waals surface area contributed by atoms with Gasteiger partial charge in [0.2, 0.25) is 10.0 Å². The van der Waals surface area contributed by atoms with Crippen molar-refractivity contribution in [2.45, 2.75) is 31.2 Å². The van der Waals surface area contributed by atoms with Gasteiger partial charge in [-0.05, 0) is 25.3 Å². The molecule has 0 radical (unpaired) electrons. The Balaban J connectivity index is 3.24. The van der Waals surface area contributed by atoms with Crippen molar-refractivity contribution in [1.29, 1.82) is 5.26 Å². The zero-order chi connectivity index (χ0) is 14.6. The molecule has 1 rings (SSSR count). The van der Waals surface area contributed by atoms with E-state index in [9.17, 15) is 13.2 Å². The molecule has 1 N–H and O–H groups in total. The van der Waals surface area contributed by atoms with Gasteiger partial charge in [0.05, 0.1) is 6.07 Å². The molecule has 0 saturated carbocycles. The lowest BCUT2D eigenvalue weighted by Gasteiger charge is -2.24. The molecule has 0 aliphatic rings. The molecule has 19 heavy (non-hydrogen) atoms. The summed E-state index contributed by atoms with van der Waals surface area (Å²) in [6.07, 6.45) is 0.0595. The molecule has 0 spiro atoms. The Morgan fingerprint density at radius 3 is 2.68 bits per heavy atom. The summed E-state index contributed by atoms with van der Waals surface area (Å²) in [6, 6.07) is 2.82. The van der Waals surface area contributed by atoms with Crippen molar-refractivity contribution in [3.8, 4) is 6.07 Å². The van der Waals surface area contributed by atoms with E-state index in [1.165, 1.54) is 11.4 Å². The first-order valence-corrected chi connectivity index (χ1v) is 7.84. The average Bonchev–Trinajstić information content (AvgIpc) is 2.78. The van der Waals surface area contributed by atoms with Crippen molar-refractivity contribution >= 4 is 27.3 Å². The van der Waals surface area contributed by atoms with Gasteiger partial charge < -0.3 is 5.11 Å². The molecular weight excluding hydrogens is 288 g/mol. The standard InChI is InChI=1S/C11H14N2O4S2/c1-8(2)13(6-3-5-12)19(16,17)9-4-7-18-10(9)11(14)15/h4,7-8H,3,6H2,1-2H3,(H,14,15). The predicted molar refractivity (Wildman–Crippen MR) is 70.5 cm³/mol. The summed E-state index contributed by atoms with van der Waals surface area (Å²) in [7, 11) is -3.89. The summed E-state index contributed by atoms with van der Waals surface area (Å²) in [5, 5.41) is 19.0. The predicted octanol–water partition coefficient (Wildman–Crippen LogP) is 1.76. The van der Waals surface area contributed by atoms with E-state index in [-0.39, 0.29) is 28.8 Å². The molecule has 0 bridgehead atoms. The Kier molecular flexibility index (Phi) is 5.05. The lowest BCUT2D eigenvalue weighted by molar-refractivity contribution is 0.0698. The largest absolute Gasteiger partial charge is 0.477 e. The maximum absolute atomic E-state index is 12.4. The van der Waals surface area contributed by atoms with Crippen LogP contribution in [0, 0.1) is 11.3 Å². The van der Waals surface area contributed by atoms with Gasteiger partial charge in [-0.3, -0.25) is 0 Å². The average molecular weight is 302 g/mol. The zero-order valence-electron chi connectivity index (χ0n) is 10.5. The number of aromatic carboxylic acids is 1. The molecule has 0 atom stereocenters. The third-order valence-electron chi connectivity index (χ3n) is 2.43. The molecule has 8 heteroatoms. The molecule has 1 aromatic rings. The third kappa shape index (κ3) is 3.32. The van der Waals surface area contributed by atoms with Gasteiger partial charge in [-0.15, -0.1) is 11.3 Å². The van der Waals surface area contributed by atoms with Crippen LogP contribution >= 0.6 is 11.3 Å². The summed E-state index contributed by atoms with van der Waals surface area (Å²) in [5.41, 5.74) is 0. The minimum atomic E-state index is -3.89. The number of carboxylic acids is 1. The molecule has 0 unspecified atom stereocenters. The highest BCUT2D eigenvalue weighted by atomic mass is 32.2. The van der Waals surface area contributed by atoms with Crippen LogP contribution < -0.4 is 0 Å². The van der Waals surface area contributed by atoms with Gasteiger partial charge >= 0.3 is 5.97 Å². The van der Waals surface area contributed by atoms with Crippen LogP contribution in [-0.2, 0) is 10.0 Å². The van der Waals surface area contributed by atoms with Crippen molar-refractivity contribution < 1.29 is 18.3 Å². The molecule has 0 aliphatic heterocycles. The second-order valence-corrected chi connectivity index (χ2v) is 6.81. The summed E-state index contributed by atoms with van der Waals surface area (Å²) in [4.78, 5) is 10.6. The quantitative estimate of drug-likeness (QED) is 0.863. The number of carbonyl (C=O) groups is 1. The minimum absolute atomic E-state index is 0.0470. The van der Waals surface area contributed by atoms with E-state index < -0.39 is 16.0 Å². The SMILES string of the molecule is CC(C)N(CCC#N)S(=O)(=O)c1ccsc1C(=O)O. The monoisotopic (exact) mass is 302 g/mol. The Morgan fingerprint density at radius 1 is 1.58 bits per heavy atom. The second kappa shape index (κ2) is 6.14. The third-order valence-corrected chi connectivity index (χ3v) is 5.58. The molecule has 1 heterocycles. The molecule has 0 amide bonds. The van der Waals surface area contributed by atoms with Crippen molar-refractivity contribution in [3.63, 3.8) is 0 Å². The highest BCUT2D eigenvalue weighted by Gasteiger charge is 2.31. The van der Waals surface area contributed by atoms with E-state index in [1.54, 1.807) is 13.8 Å². The van der Waals surface area contributed by atoms with Gasteiger partial charge in [-0.2, -0.15) is 9.57 Å². The van der Waals surface area contributed by atoms with Crippen molar-refractivity contribution in [1.82, 2.24) is 4.31 Å². The molecule has 1 aromatic heterocycles. The van der Waals surface area contributed by atoms with E-state index in [0.29, 0.717) is 0 Å². The molecule has 0 aromatic carbocycles. The van der Waals surface area contributed by atoms with Crippen LogP contribution in [0.15, 0.2) is 16.3 Å². The topological polar surface area (TPSA) is 98.5 Å². The number of hydrogen-bond donors (Lipinski definition) is 1. The fourth-order valence-corrected chi connectivity index (χ4v) is 4.47. The number of sulfonamides is 1. The highest BCUT2D eigenvalue weighted by Crippen LogP contribution is 2.26. The lowest BCUT2D eigenvalue weighted by Crippen LogP contribution is -2.38. The number of nitriles is 1. The van der Waals surface area contributed by atoms with Crippen LogP contribution in [0.5, 0.6) is 0 Å². The Labute approximate surface area is 115 Å². The summed E-state index contributed by atoms with van der Waals surface area (Å²) in [6.45, 7) is 3.41. The minimum Gasteiger partial charge on any atom is -0.477 e. The summed E-state index contributed by atoms with van der Waals surface area (Å²) < 4.78 is 26.0. The van der Waals surface area contributed by atoms with Gasteiger partial charge in [-0.1, -0.05) is 0 Å². The fraction of sp³-hybridized carbons (Fsp3) is 0.455. The first-order chi connectivity index (χ1) is 8.82. The van der Waals surface area contributed by atoms with Gasteiger partial charge in [0.1, 0.15) is 9.77 Å². The van der Waals surface area contributed by atoms with E-state index in [4.69, 9.17) is 10.4 Å². The van der Waals surface area contributed by atoms with E-state index >= 15 is 0 Å². The molecule has 0 aliphatic carbocycles.